The summed E-state index contributed by atoms with van der Waals surface area (Å²) in [5, 5.41) is 16.5. The zero-order valence-electron chi connectivity index (χ0n) is 14.3. The molecule has 0 amide bonds. The maximum Gasteiger partial charge on any atom is 0.253 e. The van der Waals surface area contributed by atoms with E-state index in [1.54, 1.807) is 25.3 Å². The average molecular weight is 372 g/mol. The largest absolute Gasteiger partial charge is 0.505 e. The van der Waals surface area contributed by atoms with Crippen LogP contribution < -0.4 is 21.5 Å². The number of phenolic OH excluding ortho intramolecular Hbond substituents is 1. The van der Waals surface area contributed by atoms with Crippen LogP contribution in [0, 0.1) is 6.92 Å². The van der Waals surface area contributed by atoms with Crippen molar-refractivity contribution in [3.63, 3.8) is 0 Å². The Balaban J connectivity index is 1.90. The highest BCUT2D eigenvalue weighted by Gasteiger charge is 2.25. The predicted octanol–water partition coefficient (Wildman–Crippen LogP) is 3.65. The Morgan fingerprint density at radius 2 is 1.88 bits per heavy atom. The first-order valence-electron chi connectivity index (χ1n) is 8.19. The molecule has 1 atom stereocenters. The van der Waals surface area contributed by atoms with Crippen molar-refractivity contribution in [2.24, 2.45) is 0 Å². The van der Waals surface area contributed by atoms with E-state index < -0.39 is 10.9 Å². The van der Waals surface area contributed by atoms with Gasteiger partial charge in [-0.15, -0.1) is 0 Å². The van der Waals surface area contributed by atoms with Gasteiger partial charge in [-0.05, 0) is 37.6 Å². The highest BCUT2D eigenvalue weighted by atomic mass is 35.5. The van der Waals surface area contributed by atoms with E-state index in [1.807, 2.05) is 25.1 Å². The molecule has 6 nitrogen and oxygen atoms in total. The number of aromatic nitrogens is 1. The van der Waals surface area contributed by atoms with E-state index in [9.17, 15) is 14.7 Å². The number of anilines is 3. The number of phenols is 1. The molecule has 26 heavy (non-hydrogen) atoms. The Morgan fingerprint density at radius 1 is 1.15 bits per heavy atom. The molecule has 0 radical (unpaired) electrons. The summed E-state index contributed by atoms with van der Waals surface area (Å²) in [7, 11) is 0. The number of halogens is 1. The molecule has 0 bridgehead atoms. The van der Waals surface area contributed by atoms with Gasteiger partial charge in [-0.25, -0.2) is 0 Å². The fourth-order valence-corrected chi connectivity index (χ4v) is 2.85. The second kappa shape index (κ2) is 7.17. The first kappa shape index (κ1) is 17.9. The normalized spacial score (nSPS) is 12.1. The van der Waals surface area contributed by atoms with Gasteiger partial charge >= 0.3 is 0 Å². The maximum atomic E-state index is 12.0. The summed E-state index contributed by atoms with van der Waals surface area (Å²) in [5.41, 5.74) is 0.681. The molecule has 134 valence electrons. The summed E-state index contributed by atoms with van der Waals surface area (Å²) < 4.78 is 0. The molecule has 0 fully saturated rings. The van der Waals surface area contributed by atoms with Crippen molar-refractivity contribution in [1.82, 2.24) is 4.98 Å². The van der Waals surface area contributed by atoms with E-state index >= 15 is 0 Å². The van der Waals surface area contributed by atoms with Crippen molar-refractivity contribution in [2.45, 2.75) is 26.3 Å². The molecule has 0 unspecified atom stereocenters. The monoisotopic (exact) mass is 371 g/mol. The number of aromatic hydroxyl groups is 1. The number of rotatable bonds is 6. The van der Waals surface area contributed by atoms with Crippen LogP contribution in [0.2, 0.25) is 5.02 Å². The zero-order valence-corrected chi connectivity index (χ0v) is 15.1. The van der Waals surface area contributed by atoms with Crippen LogP contribution in [0.1, 0.15) is 30.6 Å². The zero-order chi connectivity index (χ0) is 18.8. The van der Waals surface area contributed by atoms with Crippen molar-refractivity contribution in [3.05, 3.63) is 73.3 Å². The van der Waals surface area contributed by atoms with Crippen LogP contribution in [0.5, 0.6) is 5.75 Å². The molecule has 1 heterocycles. The highest BCUT2D eigenvalue weighted by molar-refractivity contribution is 6.31. The van der Waals surface area contributed by atoms with Crippen molar-refractivity contribution in [3.8, 4) is 5.75 Å². The third-order valence-electron chi connectivity index (χ3n) is 4.31. The van der Waals surface area contributed by atoms with Gasteiger partial charge in [0.1, 0.15) is 17.1 Å². The molecule has 0 aliphatic rings. The van der Waals surface area contributed by atoms with E-state index in [1.165, 1.54) is 0 Å². The standard InChI is InChI=1S/C19H18ClN3O3/c1-3-12(13-6-4-5-9-21-13)22-15-16(19(26)18(15)25)23-14-8-7-11(20)10(2)17(14)24/h4-9,12,22-24H,3H2,1-2H3/t12-/m1/s1. The minimum atomic E-state index is -0.629. The summed E-state index contributed by atoms with van der Waals surface area (Å²) in [6, 6.07) is 8.49. The lowest BCUT2D eigenvalue weighted by molar-refractivity contribution is 0.473. The Bertz CT molecular complexity index is 1010. The quantitative estimate of drug-likeness (QED) is 0.452. The Labute approximate surface area is 155 Å². The van der Waals surface area contributed by atoms with Crippen molar-refractivity contribution in [1.29, 1.82) is 0 Å². The van der Waals surface area contributed by atoms with Gasteiger partial charge in [-0.2, -0.15) is 0 Å². The molecule has 3 rings (SSSR count). The number of hydrogen-bond donors (Lipinski definition) is 3. The molecule has 0 aliphatic carbocycles. The van der Waals surface area contributed by atoms with Gasteiger partial charge in [0, 0.05) is 16.8 Å². The van der Waals surface area contributed by atoms with E-state index in [0.29, 0.717) is 22.7 Å². The lowest BCUT2D eigenvalue weighted by Gasteiger charge is -2.21. The summed E-state index contributed by atoms with van der Waals surface area (Å²) in [5.74, 6) is -0.0618. The van der Waals surface area contributed by atoms with Gasteiger partial charge in [0.15, 0.2) is 0 Å². The molecule has 2 aromatic carbocycles. The van der Waals surface area contributed by atoms with Crippen molar-refractivity contribution < 1.29 is 5.11 Å². The third-order valence-corrected chi connectivity index (χ3v) is 4.72. The van der Waals surface area contributed by atoms with Crippen LogP contribution in [0.25, 0.3) is 0 Å². The molecule has 7 heteroatoms. The fraction of sp³-hybridized carbons (Fsp3) is 0.211. The maximum absolute atomic E-state index is 12.0. The lowest BCUT2D eigenvalue weighted by atomic mass is 10.1. The fourth-order valence-electron chi connectivity index (χ4n) is 2.70. The van der Waals surface area contributed by atoms with Gasteiger partial charge in [0.25, 0.3) is 10.9 Å². The molecular formula is C19H18ClN3O3. The third kappa shape index (κ3) is 3.15. The minimum absolute atomic E-state index is 0.0618. The molecule has 1 aromatic heterocycles. The molecule has 0 aliphatic heterocycles. The van der Waals surface area contributed by atoms with Crippen LogP contribution in [0.4, 0.5) is 17.1 Å². The SMILES string of the molecule is CC[C@@H](Nc1c(Nc2ccc(Cl)c(C)c2O)c(=O)c1=O)c1ccccn1. The van der Waals surface area contributed by atoms with Crippen LogP contribution in [0.3, 0.4) is 0 Å². The second-order valence-electron chi connectivity index (χ2n) is 5.96. The summed E-state index contributed by atoms with van der Waals surface area (Å²) in [6.45, 7) is 3.62. The number of nitrogens with zero attached hydrogens (tertiary/aromatic N) is 1. The van der Waals surface area contributed by atoms with Crippen LogP contribution in [-0.4, -0.2) is 10.1 Å². The van der Waals surface area contributed by atoms with Crippen LogP contribution in [0.15, 0.2) is 46.1 Å². The molecular weight excluding hydrogens is 354 g/mol. The van der Waals surface area contributed by atoms with E-state index in [-0.39, 0.29) is 23.2 Å². The van der Waals surface area contributed by atoms with Crippen molar-refractivity contribution >= 4 is 28.7 Å². The molecule has 0 saturated carbocycles. The van der Waals surface area contributed by atoms with Gasteiger partial charge < -0.3 is 15.7 Å². The van der Waals surface area contributed by atoms with Gasteiger partial charge in [-0.1, -0.05) is 24.6 Å². The number of nitrogens with one attached hydrogen (secondary N) is 2. The average Bonchev–Trinajstić information content (AvgIpc) is 2.67. The summed E-state index contributed by atoms with van der Waals surface area (Å²) in [4.78, 5) is 28.3. The van der Waals surface area contributed by atoms with Gasteiger partial charge in [0.05, 0.1) is 17.4 Å². The molecule has 3 N–H and O–H groups in total. The first-order valence-corrected chi connectivity index (χ1v) is 8.57. The molecule has 3 aromatic rings. The number of benzene rings is 1. The minimum Gasteiger partial charge on any atom is -0.505 e. The smallest absolute Gasteiger partial charge is 0.253 e. The Kier molecular flexibility index (Phi) is 4.95. The van der Waals surface area contributed by atoms with E-state index in [2.05, 4.69) is 15.6 Å². The Hall–Kier alpha value is -2.86. The van der Waals surface area contributed by atoms with Gasteiger partial charge in [-0.3, -0.25) is 14.6 Å². The van der Waals surface area contributed by atoms with Crippen LogP contribution >= 0.6 is 11.6 Å². The van der Waals surface area contributed by atoms with Crippen LogP contribution in [-0.2, 0) is 0 Å². The molecule has 0 saturated heterocycles. The summed E-state index contributed by atoms with van der Waals surface area (Å²) >= 11 is 5.97. The molecule has 0 spiro atoms. The van der Waals surface area contributed by atoms with Gasteiger partial charge in [0.2, 0.25) is 0 Å². The van der Waals surface area contributed by atoms with E-state index in [4.69, 9.17) is 11.6 Å². The number of hydrogen-bond acceptors (Lipinski definition) is 6. The predicted molar refractivity (Wildman–Crippen MR) is 103 cm³/mol. The Morgan fingerprint density at radius 3 is 2.54 bits per heavy atom. The second-order valence-corrected chi connectivity index (χ2v) is 6.37. The lowest BCUT2D eigenvalue weighted by Crippen LogP contribution is -2.37. The highest BCUT2D eigenvalue weighted by Crippen LogP contribution is 2.35. The van der Waals surface area contributed by atoms with E-state index in [0.717, 1.165) is 5.69 Å². The first-order chi connectivity index (χ1) is 12.4. The topological polar surface area (TPSA) is 91.3 Å². The number of pyridine rings is 1. The summed E-state index contributed by atoms with van der Waals surface area (Å²) in [6.07, 6.45) is 2.36. The van der Waals surface area contributed by atoms with Crippen molar-refractivity contribution in [2.75, 3.05) is 10.6 Å².